The molecule has 0 spiro atoms. The van der Waals surface area contributed by atoms with Crippen LogP contribution < -0.4 is 10.6 Å². The Kier molecular flexibility index (Phi) is 12.4. The van der Waals surface area contributed by atoms with E-state index in [1.165, 1.54) is 89.9 Å². The first-order valence-corrected chi connectivity index (χ1v) is 12.4. The average molecular weight is 417 g/mol. The van der Waals surface area contributed by atoms with Crippen LogP contribution in [0.4, 0.5) is 0 Å². The molecule has 170 valence electrons. The predicted octanol–water partition coefficient (Wildman–Crippen LogP) is 7.25. The Balaban J connectivity index is 2.01. The second-order valence-electron chi connectivity index (χ2n) is 8.92. The van der Waals surface area contributed by atoms with E-state index in [-0.39, 0.29) is 0 Å². The van der Waals surface area contributed by atoms with Crippen molar-refractivity contribution in [1.82, 2.24) is 0 Å². The number of aromatic hydroxyl groups is 1. The van der Waals surface area contributed by atoms with E-state index >= 15 is 0 Å². The molecule has 0 aliphatic heterocycles. The van der Waals surface area contributed by atoms with Crippen molar-refractivity contribution < 1.29 is 9.84 Å². The van der Waals surface area contributed by atoms with Crippen LogP contribution in [-0.2, 0) is 6.42 Å². The molecule has 0 saturated heterocycles. The van der Waals surface area contributed by atoms with Crippen LogP contribution >= 0.6 is 0 Å². The summed E-state index contributed by atoms with van der Waals surface area (Å²) in [6.07, 6.45) is 22.6. The van der Waals surface area contributed by atoms with E-state index in [1.807, 2.05) is 12.1 Å². The molecule has 0 radical (unpaired) electrons. The molecule has 1 aliphatic rings. The maximum absolute atomic E-state index is 10.9. The normalized spacial score (nSPS) is 20.8. The second kappa shape index (κ2) is 15.1. The smallest absolute Gasteiger partial charge is 0.128 e. The number of phenols is 1. The Bertz CT molecular complexity index is 628. The van der Waals surface area contributed by atoms with Gasteiger partial charge in [0, 0.05) is 5.56 Å². The van der Waals surface area contributed by atoms with E-state index in [0.29, 0.717) is 5.75 Å². The van der Waals surface area contributed by atoms with Crippen LogP contribution in [0.2, 0.25) is 0 Å². The van der Waals surface area contributed by atoms with Gasteiger partial charge in [-0.3, -0.25) is 0 Å². The fraction of sp³-hybridized carbons (Fsp3) is 0.731. The minimum atomic E-state index is 0.335. The molecule has 0 saturated carbocycles. The van der Waals surface area contributed by atoms with Crippen molar-refractivity contribution in [3.8, 4) is 11.5 Å². The highest BCUT2D eigenvalue weighted by molar-refractivity contribution is 6.03. The van der Waals surface area contributed by atoms with Crippen LogP contribution in [0.3, 0.4) is 0 Å². The van der Waals surface area contributed by atoms with Crippen LogP contribution in [0.1, 0.15) is 120 Å². The van der Waals surface area contributed by atoms with Crippen LogP contribution in [0, 0.1) is 0 Å². The number of aryl methyl sites for hydroxylation is 1. The molecule has 3 N–H and O–H groups in total. The summed E-state index contributed by atoms with van der Waals surface area (Å²) in [6.45, 7) is 0. The van der Waals surface area contributed by atoms with Crippen molar-refractivity contribution >= 4 is 5.71 Å². The molecule has 0 aromatic heterocycles. The van der Waals surface area contributed by atoms with Crippen molar-refractivity contribution in [2.75, 3.05) is 7.11 Å². The molecule has 0 amide bonds. The first-order valence-electron chi connectivity index (χ1n) is 12.4. The van der Waals surface area contributed by atoms with Gasteiger partial charge in [-0.05, 0) is 43.4 Å². The highest BCUT2D eigenvalue weighted by atomic mass is 16.5. The molecule has 2 bridgehead atoms. The number of nitrogens with zero attached hydrogens (tertiary/aromatic N) is 1. The topological polar surface area (TPSA) is 67.8 Å². The summed E-state index contributed by atoms with van der Waals surface area (Å²) in [5.74, 6) is 6.83. The Morgan fingerprint density at radius 3 is 1.57 bits per heavy atom. The monoisotopic (exact) mass is 416 g/mol. The summed E-state index contributed by atoms with van der Waals surface area (Å²) in [5, 5.41) is 14.9. The van der Waals surface area contributed by atoms with E-state index in [9.17, 15) is 5.11 Å². The van der Waals surface area contributed by atoms with E-state index in [0.717, 1.165) is 48.3 Å². The second-order valence-corrected chi connectivity index (χ2v) is 8.92. The molecule has 0 fully saturated rings. The number of methoxy groups -OCH3 is 1. The molecule has 4 nitrogen and oxygen atoms in total. The number of rotatable bonds is 1. The summed E-state index contributed by atoms with van der Waals surface area (Å²) in [4.78, 5) is 0. The van der Waals surface area contributed by atoms with Gasteiger partial charge in [0.2, 0.25) is 0 Å². The van der Waals surface area contributed by atoms with E-state index in [4.69, 9.17) is 10.6 Å². The molecule has 0 heterocycles. The van der Waals surface area contributed by atoms with Crippen LogP contribution in [0.15, 0.2) is 17.2 Å². The Hall–Kier alpha value is -1.71. The lowest BCUT2D eigenvalue weighted by molar-refractivity contribution is 0.410. The van der Waals surface area contributed by atoms with Gasteiger partial charge in [-0.2, -0.15) is 5.10 Å². The van der Waals surface area contributed by atoms with E-state index in [2.05, 4.69) is 5.10 Å². The number of phenolic OH excluding ortho intramolecular Hbond substituents is 1. The third-order valence-corrected chi connectivity index (χ3v) is 6.47. The molecule has 4 heteroatoms. The number of ether oxygens (including phenoxy) is 1. The van der Waals surface area contributed by atoms with Crippen molar-refractivity contribution in [2.45, 2.75) is 116 Å². The lowest BCUT2D eigenvalue weighted by Crippen LogP contribution is -2.07. The molecular formula is C26H44N2O2. The van der Waals surface area contributed by atoms with Crippen molar-refractivity contribution in [3.63, 3.8) is 0 Å². The Morgan fingerprint density at radius 2 is 1.13 bits per heavy atom. The van der Waals surface area contributed by atoms with Crippen LogP contribution in [-0.4, -0.2) is 17.9 Å². The molecule has 30 heavy (non-hydrogen) atoms. The van der Waals surface area contributed by atoms with E-state index < -0.39 is 0 Å². The molecule has 1 aliphatic carbocycles. The first kappa shape index (κ1) is 24.6. The lowest BCUT2D eigenvalue weighted by Gasteiger charge is -2.14. The van der Waals surface area contributed by atoms with Gasteiger partial charge in [0.05, 0.1) is 12.8 Å². The zero-order valence-electron chi connectivity index (χ0n) is 19.3. The maximum atomic E-state index is 10.9. The lowest BCUT2D eigenvalue weighted by atomic mass is 9.96. The molecule has 2 rings (SSSR count). The highest BCUT2D eigenvalue weighted by Gasteiger charge is 2.15. The van der Waals surface area contributed by atoms with Gasteiger partial charge < -0.3 is 15.7 Å². The zero-order chi connectivity index (χ0) is 21.4. The zero-order valence-corrected chi connectivity index (χ0v) is 19.3. The van der Waals surface area contributed by atoms with Crippen molar-refractivity contribution in [2.24, 2.45) is 10.9 Å². The minimum absolute atomic E-state index is 0.335. The largest absolute Gasteiger partial charge is 0.507 e. The first-order chi connectivity index (χ1) is 14.8. The minimum Gasteiger partial charge on any atom is -0.507 e. The fourth-order valence-corrected chi connectivity index (χ4v) is 4.55. The number of hydrogen-bond acceptors (Lipinski definition) is 4. The van der Waals surface area contributed by atoms with E-state index in [1.54, 1.807) is 7.11 Å². The Labute approximate surface area is 184 Å². The van der Waals surface area contributed by atoms with Crippen molar-refractivity contribution in [3.05, 3.63) is 23.3 Å². The summed E-state index contributed by atoms with van der Waals surface area (Å²) in [6, 6.07) is 3.84. The molecule has 1 aromatic rings. The quantitative estimate of drug-likeness (QED) is 0.374. The van der Waals surface area contributed by atoms with Gasteiger partial charge >= 0.3 is 0 Å². The van der Waals surface area contributed by atoms with Crippen LogP contribution in [0.5, 0.6) is 11.5 Å². The van der Waals surface area contributed by atoms with Gasteiger partial charge in [-0.1, -0.05) is 89.9 Å². The molecule has 0 unspecified atom stereocenters. The maximum Gasteiger partial charge on any atom is 0.128 e. The number of fused-ring (bicyclic) bond motifs is 2. The molecular weight excluding hydrogens is 372 g/mol. The highest BCUT2D eigenvalue weighted by Crippen LogP contribution is 2.31. The van der Waals surface area contributed by atoms with Gasteiger partial charge in [0.25, 0.3) is 0 Å². The number of benzene rings is 1. The standard InChI is InChI=1S/C26H44N2O2/c1-30-23-20-22-18-16-14-12-10-8-6-4-2-3-5-7-9-11-13-15-17-19-25(28-27)24(21-23)26(22)29/h20-21,29H,2-19,27H2,1H3. The van der Waals surface area contributed by atoms with Gasteiger partial charge in [0.1, 0.15) is 11.5 Å². The predicted molar refractivity (Wildman–Crippen MR) is 128 cm³/mol. The Morgan fingerprint density at radius 1 is 0.700 bits per heavy atom. The van der Waals surface area contributed by atoms with Crippen LogP contribution in [0.25, 0.3) is 0 Å². The third kappa shape index (κ3) is 8.97. The average Bonchev–Trinajstić information content (AvgIpc) is 2.76. The SMILES string of the molecule is COc1cc2c(O)c(c1)C(=NN)CCCCCCCCCCCCCCCCCC2. The molecule has 0 atom stereocenters. The number of hydrogen-bond donors (Lipinski definition) is 2. The van der Waals surface area contributed by atoms with Crippen molar-refractivity contribution in [1.29, 1.82) is 0 Å². The van der Waals surface area contributed by atoms with Gasteiger partial charge in [0.15, 0.2) is 0 Å². The summed E-state index contributed by atoms with van der Waals surface area (Å²) in [5.41, 5.74) is 2.48. The van der Waals surface area contributed by atoms with Gasteiger partial charge in [-0.25, -0.2) is 0 Å². The number of hydrazone groups is 1. The molecule has 1 aromatic carbocycles. The third-order valence-electron chi connectivity index (χ3n) is 6.47. The summed E-state index contributed by atoms with van der Waals surface area (Å²) < 4.78 is 5.50. The van der Waals surface area contributed by atoms with Gasteiger partial charge in [-0.15, -0.1) is 0 Å². The summed E-state index contributed by atoms with van der Waals surface area (Å²) >= 11 is 0. The summed E-state index contributed by atoms with van der Waals surface area (Å²) in [7, 11) is 1.67. The number of nitrogens with two attached hydrogens (primary N) is 1. The fourth-order valence-electron chi connectivity index (χ4n) is 4.55.